The molecule has 0 aliphatic carbocycles. The smallest absolute Gasteiger partial charge is 0.101 e. The molecule has 1 aliphatic rings. The van der Waals surface area contributed by atoms with Crippen LogP contribution in [0, 0.1) is 11.3 Å². The third kappa shape index (κ3) is 2.84. The fraction of sp³-hybridized carbons (Fsp3) is 0.500. The van der Waals surface area contributed by atoms with Crippen LogP contribution in [0.15, 0.2) is 12.1 Å². The van der Waals surface area contributed by atoms with Gasteiger partial charge in [-0.15, -0.1) is 0 Å². The molecule has 1 atom stereocenters. The average Bonchev–Trinajstić information content (AvgIpc) is 2.81. The van der Waals surface area contributed by atoms with Crippen LogP contribution in [0.4, 0.5) is 5.69 Å². The predicted octanol–water partition coefficient (Wildman–Crippen LogP) is 2.92. The van der Waals surface area contributed by atoms with Crippen LogP contribution in [0.2, 0.25) is 5.02 Å². The molecule has 0 bridgehead atoms. The summed E-state index contributed by atoms with van der Waals surface area (Å²) in [6, 6.07) is 5.61. The molecule has 0 amide bonds. The molecule has 1 heterocycles. The van der Waals surface area contributed by atoms with Gasteiger partial charge in [0.2, 0.25) is 0 Å². The van der Waals surface area contributed by atoms with Crippen molar-refractivity contribution in [2.24, 2.45) is 0 Å². The van der Waals surface area contributed by atoms with E-state index >= 15 is 0 Å². The van der Waals surface area contributed by atoms with E-state index in [2.05, 4.69) is 31.7 Å². The summed E-state index contributed by atoms with van der Waals surface area (Å²) >= 11 is 6.06. The summed E-state index contributed by atoms with van der Waals surface area (Å²) in [5, 5.41) is 9.46. The Bertz CT molecular complexity index is 531. The molecule has 1 aromatic carbocycles. The second-order valence-corrected chi connectivity index (χ2v) is 6.16. The van der Waals surface area contributed by atoms with Gasteiger partial charge in [0.25, 0.3) is 0 Å². The summed E-state index contributed by atoms with van der Waals surface area (Å²) in [4.78, 5) is 2.24. The highest BCUT2D eigenvalue weighted by Gasteiger charge is 2.32. The van der Waals surface area contributed by atoms with Gasteiger partial charge in [-0.3, -0.25) is 4.90 Å². The molecule has 1 fully saturated rings. The van der Waals surface area contributed by atoms with Crippen LogP contribution < -0.4 is 5.73 Å². The number of nitrogens with two attached hydrogens (primary N) is 1. The highest BCUT2D eigenvalue weighted by atomic mass is 35.5. The van der Waals surface area contributed by atoms with Crippen molar-refractivity contribution in [1.29, 1.82) is 5.26 Å². The first-order valence-corrected chi connectivity index (χ1v) is 6.56. The molecule has 19 heavy (non-hydrogen) atoms. The van der Waals surface area contributed by atoms with E-state index in [1.54, 1.807) is 12.1 Å². The Morgan fingerprint density at radius 2 is 2.16 bits per heavy atom. The van der Waals surface area contributed by atoms with Gasteiger partial charge in [0, 0.05) is 12.1 Å². The maximum absolute atomic E-state index is 9.05. The summed E-state index contributed by atoms with van der Waals surface area (Å²) in [7, 11) is 0. The number of nitriles is 1. The Kier molecular flexibility index (Phi) is 3.73. The van der Waals surface area contributed by atoms with Gasteiger partial charge in [-0.05, 0) is 38.5 Å². The van der Waals surface area contributed by atoms with Crippen LogP contribution in [0.5, 0.6) is 0 Å². The van der Waals surface area contributed by atoms with E-state index in [1.807, 2.05) is 0 Å². The highest BCUT2D eigenvalue weighted by Crippen LogP contribution is 2.33. The summed E-state index contributed by atoms with van der Waals surface area (Å²) < 4.78 is 5.79. The molecule has 0 radical (unpaired) electrons. The Balaban J connectivity index is 2.26. The fourth-order valence-electron chi connectivity index (χ4n) is 2.07. The molecule has 102 valence electrons. The minimum atomic E-state index is -0.0653. The molecule has 1 aliphatic heterocycles. The third-order valence-electron chi connectivity index (χ3n) is 3.41. The second kappa shape index (κ2) is 5.01. The molecule has 4 nitrogen and oxygen atoms in total. The number of nitrogens with zero attached hydrogens (tertiary/aromatic N) is 2. The molecular weight excluding hydrogens is 262 g/mol. The van der Waals surface area contributed by atoms with Gasteiger partial charge in [-0.25, -0.2) is 0 Å². The van der Waals surface area contributed by atoms with E-state index in [0.29, 0.717) is 23.0 Å². The molecule has 2 N–H and O–H groups in total. The number of ether oxygens (including phenoxy) is 1. The van der Waals surface area contributed by atoms with Crippen LogP contribution >= 0.6 is 11.6 Å². The van der Waals surface area contributed by atoms with Crippen LogP contribution in [0.1, 0.15) is 38.0 Å². The maximum atomic E-state index is 9.05. The second-order valence-electron chi connectivity index (χ2n) is 5.75. The van der Waals surface area contributed by atoms with Gasteiger partial charge < -0.3 is 10.5 Å². The first kappa shape index (κ1) is 14.1. The molecule has 1 saturated heterocycles. The number of hydrogen-bond acceptors (Lipinski definition) is 4. The maximum Gasteiger partial charge on any atom is 0.101 e. The van der Waals surface area contributed by atoms with Gasteiger partial charge in [-0.1, -0.05) is 11.6 Å². The number of hydrogen-bond donors (Lipinski definition) is 1. The Morgan fingerprint density at radius 3 is 2.68 bits per heavy atom. The van der Waals surface area contributed by atoms with Gasteiger partial charge in [0.1, 0.15) is 12.8 Å². The largest absolute Gasteiger partial charge is 0.396 e. The number of nitrogen functional groups attached to an aromatic ring is 1. The summed E-state index contributed by atoms with van der Waals surface area (Å²) in [6.45, 7) is 7.81. The molecule has 0 spiro atoms. The number of halogens is 1. The Hall–Kier alpha value is -1.28. The van der Waals surface area contributed by atoms with Crippen molar-refractivity contribution in [2.45, 2.75) is 32.4 Å². The summed E-state index contributed by atoms with van der Waals surface area (Å²) in [5.74, 6) is 0. The average molecular weight is 280 g/mol. The highest BCUT2D eigenvalue weighted by molar-refractivity contribution is 6.33. The quantitative estimate of drug-likeness (QED) is 0.803. The fourth-order valence-corrected chi connectivity index (χ4v) is 2.30. The molecule has 0 saturated carbocycles. The predicted molar refractivity (Wildman–Crippen MR) is 75.7 cm³/mol. The van der Waals surface area contributed by atoms with Crippen molar-refractivity contribution in [1.82, 2.24) is 4.90 Å². The Morgan fingerprint density at radius 1 is 1.47 bits per heavy atom. The third-order valence-corrected chi connectivity index (χ3v) is 3.72. The molecule has 0 aromatic heterocycles. The van der Waals surface area contributed by atoms with E-state index in [4.69, 9.17) is 27.3 Å². The number of rotatable bonds is 1. The molecule has 1 aromatic rings. The van der Waals surface area contributed by atoms with E-state index in [1.165, 1.54) is 0 Å². The normalized spacial score (nSPS) is 20.5. The number of anilines is 1. The van der Waals surface area contributed by atoms with Gasteiger partial charge in [-0.2, -0.15) is 5.26 Å². The lowest BCUT2D eigenvalue weighted by atomic mass is 10.0. The lowest BCUT2D eigenvalue weighted by Crippen LogP contribution is -2.39. The molecule has 5 heteroatoms. The molecular formula is C14H18ClN3O. The van der Waals surface area contributed by atoms with Crippen molar-refractivity contribution in [3.05, 3.63) is 28.3 Å². The first-order valence-electron chi connectivity index (χ1n) is 6.18. The van der Waals surface area contributed by atoms with Crippen molar-refractivity contribution >= 4 is 17.3 Å². The van der Waals surface area contributed by atoms with Crippen LogP contribution in [0.25, 0.3) is 0 Å². The van der Waals surface area contributed by atoms with Crippen LogP contribution in [-0.4, -0.2) is 23.7 Å². The summed E-state index contributed by atoms with van der Waals surface area (Å²) in [5.41, 5.74) is 7.45. The van der Waals surface area contributed by atoms with Crippen LogP contribution in [0.3, 0.4) is 0 Å². The van der Waals surface area contributed by atoms with Crippen LogP contribution in [-0.2, 0) is 4.74 Å². The first-order chi connectivity index (χ1) is 8.82. The van der Waals surface area contributed by atoms with E-state index in [0.717, 1.165) is 12.1 Å². The number of benzene rings is 1. The standard InChI is InChI=1S/C14H18ClN3O/c1-14(2,3)18-7-12(19-8-18)9-4-10(6-16)13(17)11(15)5-9/h4-5,12H,7-8,17H2,1-3H3. The van der Waals surface area contributed by atoms with Crippen molar-refractivity contribution in [2.75, 3.05) is 19.0 Å². The monoisotopic (exact) mass is 279 g/mol. The Labute approximate surface area is 118 Å². The summed E-state index contributed by atoms with van der Waals surface area (Å²) in [6.07, 6.45) is -0.0653. The minimum absolute atomic E-state index is 0.0599. The van der Waals surface area contributed by atoms with Gasteiger partial charge in [0.15, 0.2) is 0 Å². The lowest BCUT2D eigenvalue weighted by Gasteiger charge is -2.29. The molecule has 1 unspecified atom stereocenters. The minimum Gasteiger partial charge on any atom is -0.396 e. The van der Waals surface area contributed by atoms with E-state index < -0.39 is 0 Å². The lowest BCUT2D eigenvalue weighted by molar-refractivity contribution is 0.0607. The van der Waals surface area contributed by atoms with Gasteiger partial charge in [0.05, 0.1) is 22.4 Å². The topological polar surface area (TPSA) is 62.3 Å². The SMILES string of the molecule is CC(C)(C)N1COC(c2cc(Cl)c(N)c(C#N)c2)C1. The molecule has 2 rings (SSSR count). The zero-order valence-electron chi connectivity index (χ0n) is 11.4. The zero-order valence-corrected chi connectivity index (χ0v) is 12.2. The zero-order chi connectivity index (χ0) is 14.2. The van der Waals surface area contributed by atoms with Crippen molar-refractivity contribution < 1.29 is 4.74 Å². The van der Waals surface area contributed by atoms with Gasteiger partial charge >= 0.3 is 0 Å². The van der Waals surface area contributed by atoms with Crippen molar-refractivity contribution in [3.8, 4) is 6.07 Å². The van der Waals surface area contributed by atoms with E-state index in [9.17, 15) is 0 Å². The van der Waals surface area contributed by atoms with Crippen molar-refractivity contribution in [3.63, 3.8) is 0 Å². The van der Waals surface area contributed by atoms with E-state index in [-0.39, 0.29) is 11.6 Å².